The first-order valence-electron chi connectivity index (χ1n) is 13.9. The first-order valence-corrected chi connectivity index (χ1v) is 13.9. The average Bonchev–Trinajstić information content (AvgIpc) is 2.94. The molecule has 41 heavy (non-hydrogen) atoms. The lowest BCUT2D eigenvalue weighted by Crippen LogP contribution is -2.55. The van der Waals surface area contributed by atoms with Gasteiger partial charge in [0.25, 0.3) is 0 Å². The van der Waals surface area contributed by atoms with Gasteiger partial charge in [0.2, 0.25) is 5.91 Å². The van der Waals surface area contributed by atoms with Crippen LogP contribution in [0.5, 0.6) is 5.75 Å². The Morgan fingerprint density at radius 2 is 1.73 bits per heavy atom. The average molecular weight is 560 g/mol. The van der Waals surface area contributed by atoms with Crippen molar-refractivity contribution in [2.75, 3.05) is 43.1 Å². The van der Waals surface area contributed by atoms with Crippen molar-refractivity contribution in [2.24, 2.45) is 0 Å². The lowest BCUT2D eigenvalue weighted by molar-refractivity contribution is -0.129. The van der Waals surface area contributed by atoms with E-state index in [0.29, 0.717) is 31.1 Å². The van der Waals surface area contributed by atoms with E-state index in [9.17, 15) is 14.4 Å². The predicted octanol–water partition coefficient (Wildman–Crippen LogP) is 5.05. The number of amides is 4. The van der Waals surface area contributed by atoms with Crippen molar-refractivity contribution in [3.63, 3.8) is 0 Å². The molecule has 2 aromatic carbocycles. The standard InChI is InChI=1S/C31H37N5O5/c1-21-19-33(15-16-34(21)30(39)41-31(2,3)4)26-8-6-7-24-25(26)17-32-18-27(24)35-14-13-28(37)36(29(35)38)20-22-9-11-23(40-5)12-10-22/h6-12,17-18,21H,13-16,19-20H2,1-5H3/t21-/m1/s1. The maximum Gasteiger partial charge on any atom is 0.410 e. The smallest absolute Gasteiger partial charge is 0.410 e. The van der Waals surface area contributed by atoms with Crippen molar-refractivity contribution in [3.05, 3.63) is 60.4 Å². The van der Waals surface area contributed by atoms with Gasteiger partial charge in [0.15, 0.2) is 0 Å². The molecular formula is C31H37N5O5. The second-order valence-corrected chi connectivity index (χ2v) is 11.5. The molecule has 2 saturated heterocycles. The number of imide groups is 1. The Morgan fingerprint density at radius 1 is 0.976 bits per heavy atom. The zero-order chi connectivity index (χ0) is 29.3. The number of benzene rings is 2. The number of anilines is 2. The van der Waals surface area contributed by atoms with Gasteiger partial charge < -0.3 is 19.3 Å². The van der Waals surface area contributed by atoms with E-state index in [4.69, 9.17) is 9.47 Å². The zero-order valence-electron chi connectivity index (χ0n) is 24.3. The van der Waals surface area contributed by atoms with Gasteiger partial charge in [0.05, 0.1) is 25.5 Å². The number of ether oxygens (including phenoxy) is 2. The first kappa shape index (κ1) is 28.2. The number of fused-ring (bicyclic) bond motifs is 1. The molecule has 3 heterocycles. The van der Waals surface area contributed by atoms with E-state index < -0.39 is 5.60 Å². The number of carbonyl (C=O) groups excluding carboxylic acids is 3. The van der Waals surface area contributed by atoms with Crippen LogP contribution in [-0.4, -0.2) is 77.7 Å². The first-order chi connectivity index (χ1) is 19.6. The Labute approximate surface area is 240 Å². The van der Waals surface area contributed by atoms with E-state index in [0.717, 1.165) is 22.0 Å². The summed E-state index contributed by atoms with van der Waals surface area (Å²) in [6.45, 7) is 9.90. The maximum atomic E-state index is 13.7. The van der Waals surface area contributed by atoms with Crippen molar-refractivity contribution < 1.29 is 23.9 Å². The van der Waals surface area contributed by atoms with Crippen LogP contribution in [0.25, 0.3) is 10.8 Å². The minimum absolute atomic E-state index is 0.0498. The van der Waals surface area contributed by atoms with Crippen molar-refractivity contribution in [1.29, 1.82) is 0 Å². The molecule has 0 N–H and O–H groups in total. The summed E-state index contributed by atoms with van der Waals surface area (Å²) in [6, 6.07) is 12.9. The normalized spacial score (nSPS) is 18.2. The van der Waals surface area contributed by atoms with Crippen molar-refractivity contribution in [2.45, 2.75) is 52.3 Å². The van der Waals surface area contributed by atoms with Crippen LogP contribution in [0.2, 0.25) is 0 Å². The van der Waals surface area contributed by atoms with Crippen LogP contribution in [-0.2, 0) is 16.1 Å². The summed E-state index contributed by atoms with van der Waals surface area (Å²) in [6.07, 6.45) is 3.42. The second kappa shape index (κ2) is 11.3. The summed E-state index contributed by atoms with van der Waals surface area (Å²) in [5.41, 5.74) is 1.95. The van der Waals surface area contributed by atoms with Gasteiger partial charge in [-0.1, -0.05) is 24.3 Å². The van der Waals surface area contributed by atoms with Crippen LogP contribution >= 0.6 is 0 Å². The van der Waals surface area contributed by atoms with Gasteiger partial charge in [-0.25, -0.2) is 9.59 Å². The van der Waals surface area contributed by atoms with E-state index in [1.807, 2.05) is 76.4 Å². The number of hydrogen-bond acceptors (Lipinski definition) is 7. The number of aromatic nitrogens is 1. The molecule has 2 aliphatic rings. The molecule has 216 valence electrons. The van der Waals surface area contributed by atoms with Crippen LogP contribution < -0.4 is 14.5 Å². The van der Waals surface area contributed by atoms with Crippen LogP contribution in [0.15, 0.2) is 54.9 Å². The van der Waals surface area contributed by atoms with E-state index >= 15 is 0 Å². The SMILES string of the molecule is COc1ccc(CN2C(=O)CCN(c3cncc4c(N5CCN(C(=O)OC(C)(C)C)[C@H](C)C5)cccc34)C2=O)cc1. The van der Waals surface area contributed by atoms with E-state index in [-0.39, 0.29) is 43.6 Å². The number of pyridine rings is 1. The largest absolute Gasteiger partial charge is 0.497 e. The highest BCUT2D eigenvalue weighted by Gasteiger charge is 2.35. The Morgan fingerprint density at radius 3 is 2.41 bits per heavy atom. The number of piperazine rings is 1. The van der Waals surface area contributed by atoms with Gasteiger partial charge in [0, 0.05) is 61.3 Å². The van der Waals surface area contributed by atoms with Crippen molar-refractivity contribution >= 4 is 40.2 Å². The fourth-order valence-electron chi connectivity index (χ4n) is 5.41. The van der Waals surface area contributed by atoms with Gasteiger partial charge in [0.1, 0.15) is 11.4 Å². The highest BCUT2D eigenvalue weighted by atomic mass is 16.6. The molecule has 2 aliphatic heterocycles. The minimum Gasteiger partial charge on any atom is -0.497 e. The molecule has 0 aliphatic carbocycles. The zero-order valence-corrected chi connectivity index (χ0v) is 24.3. The highest BCUT2D eigenvalue weighted by Crippen LogP contribution is 2.35. The summed E-state index contributed by atoms with van der Waals surface area (Å²) >= 11 is 0. The third-order valence-electron chi connectivity index (χ3n) is 7.46. The number of urea groups is 1. The molecule has 1 atom stereocenters. The van der Waals surface area contributed by atoms with Crippen LogP contribution in [0.1, 0.15) is 39.7 Å². The van der Waals surface area contributed by atoms with E-state index in [1.165, 1.54) is 4.90 Å². The fraction of sp³-hybridized carbons (Fsp3) is 0.419. The Balaban J connectivity index is 1.38. The third kappa shape index (κ3) is 5.91. The van der Waals surface area contributed by atoms with Gasteiger partial charge in [-0.3, -0.25) is 19.6 Å². The molecule has 3 aromatic rings. The molecule has 0 bridgehead atoms. The molecule has 1 aromatic heterocycles. The molecule has 2 fully saturated rings. The monoisotopic (exact) mass is 559 g/mol. The lowest BCUT2D eigenvalue weighted by Gasteiger charge is -2.41. The molecule has 0 unspecified atom stereocenters. The van der Waals surface area contributed by atoms with Gasteiger partial charge in [-0.05, 0) is 51.5 Å². The lowest BCUT2D eigenvalue weighted by atomic mass is 10.1. The third-order valence-corrected chi connectivity index (χ3v) is 7.46. The molecule has 5 rings (SSSR count). The quantitative estimate of drug-likeness (QED) is 0.432. The maximum absolute atomic E-state index is 13.7. The summed E-state index contributed by atoms with van der Waals surface area (Å²) in [5.74, 6) is 0.512. The minimum atomic E-state index is -0.549. The number of hydrogen-bond donors (Lipinski definition) is 0. The molecular weight excluding hydrogens is 522 g/mol. The molecule has 0 spiro atoms. The molecule has 10 heteroatoms. The van der Waals surface area contributed by atoms with Gasteiger partial charge in [-0.15, -0.1) is 0 Å². The number of rotatable bonds is 5. The van der Waals surface area contributed by atoms with E-state index in [2.05, 4.69) is 9.88 Å². The van der Waals surface area contributed by atoms with Crippen LogP contribution in [0.3, 0.4) is 0 Å². The summed E-state index contributed by atoms with van der Waals surface area (Å²) in [7, 11) is 1.60. The molecule has 0 saturated carbocycles. The Hall–Kier alpha value is -4.34. The number of methoxy groups -OCH3 is 1. The van der Waals surface area contributed by atoms with Crippen molar-refractivity contribution in [1.82, 2.24) is 14.8 Å². The Bertz CT molecular complexity index is 1450. The number of nitrogens with zero attached hydrogens (tertiary/aromatic N) is 5. The molecule has 0 radical (unpaired) electrons. The van der Waals surface area contributed by atoms with Gasteiger partial charge in [-0.2, -0.15) is 0 Å². The van der Waals surface area contributed by atoms with E-state index in [1.54, 1.807) is 23.1 Å². The summed E-state index contributed by atoms with van der Waals surface area (Å²) < 4.78 is 10.8. The summed E-state index contributed by atoms with van der Waals surface area (Å²) in [5, 5.41) is 1.79. The Kier molecular flexibility index (Phi) is 7.75. The summed E-state index contributed by atoms with van der Waals surface area (Å²) in [4.78, 5) is 50.7. The van der Waals surface area contributed by atoms with Crippen LogP contribution in [0.4, 0.5) is 21.0 Å². The second-order valence-electron chi connectivity index (χ2n) is 11.5. The highest BCUT2D eigenvalue weighted by molar-refractivity contribution is 6.11. The fourth-order valence-corrected chi connectivity index (χ4v) is 5.41. The van der Waals surface area contributed by atoms with Crippen LogP contribution in [0, 0.1) is 0 Å². The predicted molar refractivity (Wildman–Crippen MR) is 157 cm³/mol. The topological polar surface area (TPSA) is 95.5 Å². The molecule has 10 nitrogen and oxygen atoms in total. The van der Waals surface area contributed by atoms with Gasteiger partial charge >= 0.3 is 12.1 Å². The molecule has 4 amide bonds. The van der Waals surface area contributed by atoms with Crippen molar-refractivity contribution in [3.8, 4) is 5.75 Å². The number of carbonyl (C=O) groups is 3.